The second-order valence-electron chi connectivity index (χ2n) is 9.77. The fourth-order valence-corrected chi connectivity index (χ4v) is 6.17. The van der Waals surface area contributed by atoms with E-state index >= 15 is 4.39 Å². The van der Waals surface area contributed by atoms with Crippen LogP contribution in [0.1, 0.15) is 33.7 Å². The van der Waals surface area contributed by atoms with Crippen molar-refractivity contribution >= 4 is 36.6 Å². The smallest absolute Gasteiger partial charge is 0.459 e. The van der Waals surface area contributed by atoms with Crippen molar-refractivity contribution in [1.29, 1.82) is 0 Å². The van der Waals surface area contributed by atoms with E-state index in [-0.39, 0.29) is 41.4 Å². The minimum absolute atomic E-state index is 0.0490. The summed E-state index contributed by atoms with van der Waals surface area (Å²) in [6.45, 7) is 6.20. The Morgan fingerprint density at radius 1 is 1.23 bits per heavy atom. The summed E-state index contributed by atoms with van der Waals surface area (Å²) in [7, 11) is -4.21. The largest absolute Gasteiger partial charge is 0.462 e. The first-order chi connectivity index (χ1) is 18.4. The molecular formula is C24H33FN7O6P. The van der Waals surface area contributed by atoms with Crippen LogP contribution in [0.15, 0.2) is 36.7 Å². The zero-order chi connectivity index (χ0) is 28.5. The number of nitrogens with zero attached hydrogens (tertiary/aromatic N) is 4. The van der Waals surface area contributed by atoms with E-state index in [9.17, 15) is 14.5 Å². The number of nitrogens with one attached hydrogen (secondary N) is 1. The van der Waals surface area contributed by atoms with Crippen LogP contribution in [0.3, 0.4) is 0 Å². The number of nitrogens with two attached hydrogens (primary N) is 2. The SMILES string of the molecule is CC(C)OC(=O)[C@H](C)N[P@](=O)(OC[C@H]1C(C)[C@@H](n2cnc3c(N)nc(N)nc32)[C@@H](F)[C@@H]1O)Oc1ccccc1. The van der Waals surface area contributed by atoms with Gasteiger partial charge in [0.1, 0.15) is 23.5 Å². The molecule has 39 heavy (non-hydrogen) atoms. The standard InChI is InChI=1S/C24H33FN7O6P/c1-12(2)37-23(34)14(4)31-39(35,38-15-8-6-5-7-9-15)36-10-16-13(3)19(17(25)20(16)33)32-11-28-18-21(26)29-24(27)30-22(18)32/h5-9,11-14,16-17,19-20,33H,10H2,1-4H3,(H,31,35)(H4,26,27,29,30)/t13?,14-,16-,17+,19+,20+,39-/m0/s1. The molecule has 0 aliphatic heterocycles. The molecule has 0 bridgehead atoms. The lowest BCUT2D eigenvalue weighted by atomic mass is 9.95. The van der Waals surface area contributed by atoms with E-state index in [4.69, 9.17) is 25.3 Å². The number of carbonyl (C=O) groups excluding carboxylic acids is 1. The summed E-state index contributed by atoms with van der Waals surface area (Å²) < 4.78 is 47.3. The fraction of sp³-hybridized carbons (Fsp3) is 0.500. The zero-order valence-corrected chi connectivity index (χ0v) is 22.9. The number of carbonyl (C=O) groups is 1. The van der Waals surface area contributed by atoms with Crippen LogP contribution < -0.4 is 21.1 Å². The van der Waals surface area contributed by atoms with E-state index in [2.05, 4.69) is 20.0 Å². The highest BCUT2D eigenvalue weighted by Crippen LogP contribution is 2.49. The molecule has 0 amide bonds. The molecule has 212 valence electrons. The number of aromatic nitrogens is 4. The van der Waals surface area contributed by atoms with Crippen LogP contribution >= 0.6 is 7.75 Å². The zero-order valence-electron chi connectivity index (χ0n) is 22.0. The molecule has 2 heterocycles. The number of hydrogen-bond acceptors (Lipinski definition) is 11. The fourth-order valence-electron chi connectivity index (χ4n) is 4.64. The van der Waals surface area contributed by atoms with Crippen LogP contribution in [0.4, 0.5) is 16.2 Å². The van der Waals surface area contributed by atoms with E-state index in [0.717, 1.165) is 0 Å². The maximum atomic E-state index is 15.5. The molecule has 7 atom stereocenters. The number of benzene rings is 1. The molecule has 0 spiro atoms. The average Bonchev–Trinajstić information content (AvgIpc) is 3.36. The highest BCUT2D eigenvalue weighted by Gasteiger charge is 2.51. The van der Waals surface area contributed by atoms with E-state index in [1.54, 1.807) is 51.1 Å². The van der Waals surface area contributed by atoms with Gasteiger partial charge in [0, 0.05) is 5.92 Å². The number of ether oxygens (including phenoxy) is 1. The van der Waals surface area contributed by atoms with Crippen LogP contribution in [0.5, 0.6) is 5.75 Å². The molecule has 0 saturated heterocycles. The summed E-state index contributed by atoms with van der Waals surface area (Å²) in [5.41, 5.74) is 12.1. The van der Waals surface area contributed by atoms with Crippen LogP contribution in [0.25, 0.3) is 11.2 Å². The summed E-state index contributed by atoms with van der Waals surface area (Å²) in [5.74, 6) is -1.84. The van der Waals surface area contributed by atoms with Crippen LogP contribution in [-0.2, 0) is 18.6 Å². The average molecular weight is 566 g/mol. The topological polar surface area (TPSA) is 190 Å². The quantitative estimate of drug-likeness (QED) is 0.208. The predicted molar refractivity (Wildman–Crippen MR) is 141 cm³/mol. The van der Waals surface area contributed by atoms with E-state index in [1.807, 2.05) is 0 Å². The Morgan fingerprint density at radius 3 is 2.59 bits per heavy atom. The molecule has 1 aliphatic rings. The minimum atomic E-state index is -4.21. The number of halogens is 1. The van der Waals surface area contributed by atoms with Crippen molar-refractivity contribution in [1.82, 2.24) is 24.6 Å². The van der Waals surface area contributed by atoms with Gasteiger partial charge in [0.15, 0.2) is 11.5 Å². The maximum absolute atomic E-state index is 15.5. The van der Waals surface area contributed by atoms with Gasteiger partial charge in [-0.3, -0.25) is 9.32 Å². The third-order valence-electron chi connectivity index (χ3n) is 6.56. The minimum Gasteiger partial charge on any atom is -0.462 e. The molecule has 4 rings (SSSR count). The third-order valence-corrected chi connectivity index (χ3v) is 8.20. The summed E-state index contributed by atoms with van der Waals surface area (Å²) >= 11 is 0. The highest BCUT2D eigenvalue weighted by atomic mass is 31.2. The number of hydrogen-bond donors (Lipinski definition) is 4. The van der Waals surface area contributed by atoms with Crippen molar-refractivity contribution in [3.63, 3.8) is 0 Å². The number of rotatable bonds is 10. The van der Waals surface area contributed by atoms with Gasteiger partial charge in [-0.25, -0.2) is 13.9 Å². The molecule has 3 aromatic rings. The Labute approximate surface area is 224 Å². The van der Waals surface area contributed by atoms with Gasteiger partial charge in [-0.15, -0.1) is 0 Å². The molecule has 15 heteroatoms. The van der Waals surface area contributed by atoms with Crippen molar-refractivity contribution in [2.75, 3.05) is 18.1 Å². The molecule has 0 radical (unpaired) electrons. The van der Waals surface area contributed by atoms with Gasteiger partial charge in [0.25, 0.3) is 0 Å². The van der Waals surface area contributed by atoms with Gasteiger partial charge in [0.05, 0.1) is 31.2 Å². The van der Waals surface area contributed by atoms with Crippen molar-refractivity contribution < 1.29 is 32.6 Å². The van der Waals surface area contributed by atoms with Crippen LogP contribution in [0, 0.1) is 11.8 Å². The lowest BCUT2D eigenvalue weighted by Crippen LogP contribution is -2.37. The molecule has 13 nitrogen and oxygen atoms in total. The molecule has 1 unspecified atom stereocenters. The Hall–Kier alpha value is -3.32. The van der Waals surface area contributed by atoms with Crippen molar-refractivity contribution in [2.45, 2.75) is 58.2 Å². The van der Waals surface area contributed by atoms with Gasteiger partial charge in [0.2, 0.25) is 5.95 Å². The second kappa shape index (κ2) is 11.4. The lowest BCUT2D eigenvalue weighted by Gasteiger charge is -2.26. The number of aliphatic hydroxyl groups excluding tert-OH is 1. The van der Waals surface area contributed by atoms with E-state index < -0.39 is 49.9 Å². The van der Waals surface area contributed by atoms with E-state index in [0.29, 0.717) is 0 Å². The lowest BCUT2D eigenvalue weighted by molar-refractivity contribution is -0.149. The number of anilines is 2. The molecule has 1 aliphatic carbocycles. The Bertz CT molecular complexity index is 1360. The summed E-state index contributed by atoms with van der Waals surface area (Å²) in [6.07, 6.45) is -2.25. The second-order valence-corrected chi connectivity index (χ2v) is 11.5. The predicted octanol–water partition coefficient (Wildman–Crippen LogP) is 2.63. The number of fused-ring (bicyclic) bond motifs is 1. The number of para-hydroxylation sites is 1. The van der Waals surface area contributed by atoms with Crippen LogP contribution in [0.2, 0.25) is 0 Å². The molecule has 1 aromatic carbocycles. The van der Waals surface area contributed by atoms with Crippen molar-refractivity contribution in [3.05, 3.63) is 36.7 Å². The molecular weight excluding hydrogens is 532 g/mol. The highest BCUT2D eigenvalue weighted by molar-refractivity contribution is 7.52. The Balaban J connectivity index is 1.56. The molecule has 1 saturated carbocycles. The first-order valence-corrected chi connectivity index (χ1v) is 14.0. The first kappa shape index (κ1) is 28.7. The van der Waals surface area contributed by atoms with Crippen molar-refractivity contribution in [3.8, 4) is 5.75 Å². The number of alkyl halides is 1. The van der Waals surface area contributed by atoms with Gasteiger partial charge in [-0.2, -0.15) is 15.1 Å². The van der Waals surface area contributed by atoms with Crippen molar-refractivity contribution in [2.24, 2.45) is 11.8 Å². The van der Waals surface area contributed by atoms with Gasteiger partial charge in [-0.1, -0.05) is 25.1 Å². The molecule has 6 N–H and O–H groups in total. The Morgan fingerprint density at radius 2 is 1.92 bits per heavy atom. The van der Waals surface area contributed by atoms with Gasteiger partial charge >= 0.3 is 13.7 Å². The first-order valence-electron chi connectivity index (χ1n) is 12.5. The van der Waals surface area contributed by atoms with Crippen LogP contribution in [-0.4, -0.2) is 61.6 Å². The number of aliphatic hydroxyl groups is 1. The summed E-state index contributed by atoms with van der Waals surface area (Å²) in [4.78, 5) is 24.6. The normalized spacial score (nSPS) is 25.5. The number of imidazole rings is 1. The van der Waals surface area contributed by atoms with Gasteiger partial charge in [-0.05, 0) is 38.8 Å². The molecule has 1 fully saturated rings. The maximum Gasteiger partial charge on any atom is 0.459 e. The monoisotopic (exact) mass is 565 g/mol. The molecule has 2 aromatic heterocycles. The Kier molecular flexibility index (Phi) is 8.40. The number of esters is 1. The van der Waals surface area contributed by atoms with Gasteiger partial charge < -0.3 is 30.4 Å². The third kappa shape index (κ3) is 6.14. The summed E-state index contributed by atoms with van der Waals surface area (Å²) in [6, 6.07) is 6.28. The number of nitrogen functional groups attached to an aromatic ring is 2. The van der Waals surface area contributed by atoms with E-state index in [1.165, 1.54) is 17.8 Å². The summed E-state index contributed by atoms with van der Waals surface area (Å²) in [5, 5.41) is 13.4.